The van der Waals surface area contributed by atoms with E-state index in [1.54, 1.807) is 0 Å². The SMILES string of the molecule is CCOC1CCCN(CC(CN)C(C)C)C1. The smallest absolute Gasteiger partial charge is 0.0702 e. The molecule has 3 nitrogen and oxygen atoms in total. The summed E-state index contributed by atoms with van der Waals surface area (Å²) in [5, 5.41) is 0. The van der Waals surface area contributed by atoms with Crippen molar-refractivity contribution in [2.75, 3.05) is 32.8 Å². The van der Waals surface area contributed by atoms with Crippen LogP contribution < -0.4 is 5.73 Å². The van der Waals surface area contributed by atoms with E-state index in [-0.39, 0.29) is 0 Å². The van der Waals surface area contributed by atoms with Gasteiger partial charge in [-0.3, -0.25) is 0 Å². The number of likely N-dealkylation sites (tertiary alicyclic amines) is 1. The van der Waals surface area contributed by atoms with Gasteiger partial charge in [0.15, 0.2) is 0 Å². The second-order valence-corrected chi connectivity index (χ2v) is 5.22. The van der Waals surface area contributed by atoms with Crippen molar-refractivity contribution < 1.29 is 4.74 Å². The number of hydrogen-bond donors (Lipinski definition) is 1. The number of ether oxygens (including phenoxy) is 1. The Labute approximate surface area is 100 Å². The molecule has 0 amide bonds. The van der Waals surface area contributed by atoms with E-state index < -0.39 is 0 Å². The van der Waals surface area contributed by atoms with Crippen LogP contribution in [0.5, 0.6) is 0 Å². The van der Waals surface area contributed by atoms with Gasteiger partial charge in [-0.25, -0.2) is 0 Å². The quantitative estimate of drug-likeness (QED) is 0.752. The minimum Gasteiger partial charge on any atom is -0.377 e. The predicted octanol–water partition coefficient (Wildman–Crippen LogP) is 1.72. The highest BCUT2D eigenvalue weighted by Gasteiger charge is 2.23. The van der Waals surface area contributed by atoms with Crippen molar-refractivity contribution in [1.82, 2.24) is 4.90 Å². The molecule has 0 aromatic carbocycles. The zero-order valence-electron chi connectivity index (χ0n) is 11.1. The van der Waals surface area contributed by atoms with Gasteiger partial charge in [-0.1, -0.05) is 13.8 Å². The average Bonchev–Trinajstić information content (AvgIpc) is 2.26. The van der Waals surface area contributed by atoms with Crippen LogP contribution in [0.2, 0.25) is 0 Å². The first kappa shape index (κ1) is 13.9. The van der Waals surface area contributed by atoms with Crippen LogP contribution >= 0.6 is 0 Å². The lowest BCUT2D eigenvalue weighted by atomic mass is 9.94. The molecule has 0 aliphatic carbocycles. The molecule has 1 rings (SSSR count). The minimum absolute atomic E-state index is 0.448. The predicted molar refractivity (Wildman–Crippen MR) is 68.5 cm³/mol. The van der Waals surface area contributed by atoms with Gasteiger partial charge in [-0.15, -0.1) is 0 Å². The minimum atomic E-state index is 0.448. The molecule has 0 spiro atoms. The Morgan fingerprint density at radius 1 is 1.44 bits per heavy atom. The summed E-state index contributed by atoms with van der Waals surface area (Å²) < 4.78 is 5.72. The molecule has 1 fully saturated rings. The van der Waals surface area contributed by atoms with Crippen LogP contribution in [0.25, 0.3) is 0 Å². The second kappa shape index (κ2) is 7.25. The molecule has 3 heteroatoms. The van der Waals surface area contributed by atoms with Gasteiger partial charge in [0, 0.05) is 19.7 Å². The van der Waals surface area contributed by atoms with E-state index >= 15 is 0 Å². The van der Waals surface area contributed by atoms with Crippen molar-refractivity contribution in [3.8, 4) is 0 Å². The molecule has 16 heavy (non-hydrogen) atoms. The maximum absolute atomic E-state index is 5.83. The molecule has 2 unspecified atom stereocenters. The Bertz CT molecular complexity index is 183. The monoisotopic (exact) mass is 228 g/mol. The number of piperidine rings is 1. The molecule has 2 N–H and O–H groups in total. The highest BCUT2D eigenvalue weighted by Crippen LogP contribution is 2.17. The zero-order chi connectivity index (χ0) is 12.0. The molecule has 2 atom stereocenters. The fraction of sp³-hybridized carbons (Fsp3) is 1.00. The van der Waals surface area contributed by atoms with Crippen LogP contribution in [0.3, 0.4) is 0 Å². The first-order chi connectivity index (χ1) is 7.67. The number of hydrogen-bond acceptors (Lipinski definition) is 3. The first-order valence-corrected chi connectivity index (χ1v) is 6.71. The van der Waals surface area contributed by atoms with Crippen molar-refractivity contribution in [1.29, 1.82) is 0 Å². The van der Waals surface area contributed by atoms with Crippen LogP contribution in [0, 0.1) is 11.8 Å². The lowest BCUT2D eigenvalue weighted by molar-refractivity contribution is 0.000281. The van der Waals surface area contributed by atoms with Crippen molar-refractivity contribution in [3.05, 3.63) is 0 Å². The van der Waals surface area contributed by atoms with E-state index in [9.17, 15) is 0 Å². The summed E-state index contributed by atoms with van der Waals surface area (Å²) in [6.07, 6.45) is 2.93. The first-order valence-electron chi connectivity index (χ1n) is 6.71. The summed E-state index contributed by atoms with van der Waals surface area (Å²) in [6, 6.07) is 0. The van der Waals surface area contributed by atoms with Crippen molar-refractivity contribution in [2.45, 2.75) is 39.7 Å². The fourth-order valence-electron chi connectivity index (χ4n) is 2.44. The third-order valence-corrected chi connectivity index (χ3v) is 3.60. The standard InChI is InChI=1S/C13H28N2O/c1-4-16-13-6-5-7-15(10-13)9-12(8-14)11(2)3/h11-13H,4-10,14H2,1-3H3. The van der Waals surface area contributed by atoms with Gasteiger partial charge in [0.25, 0.3) is 0 Å². The normalized spacial score (nSPS) is 24.9. The van der Waals surface area contributed by atoms with Gasteiger partial charge in [-0.2, -0.15) is 0 Å². The Morgan fingerprint density at radius 3 is 2.75 bits per heavy atom. The van der Waals surface area contributed by atoms with E-state index in [0.717, 1.165) is 26.2 Å². The Morgan fingerprint density at radius 2 is 2.19 bits per heavy atom. The molecule has 1 aliphatic heterocycles. The zero-order valence-corrected chi connectivity index (χ0v) is 11.1. The molecular formula is C13H28N2O. The molecule has 0 bridgehead atoms. The maximum atomic E-state index is 5.83. The highest BCUT2D eigenvalue weighted by molar-refractivity contribution is 4.77. The molecule has 0 aromatic rings. The van der Waals surface area contributed by atoms with Gasteiger partial charge in [0.2, 0.25) is 0 Å². The van der Waals surface area contributed by atoms with Gasteiger partial charge in [0.1, 0.15) is 0 Å². The number of nitrogens with zero attached hydrogens (tertiary/aromatic N) is 1. The lowest BCUT2D eigenvalue weighted by Gasteiger charge is -2.35. The summed E-state index contributed by atoms with van der Waals surface area (Å²) in [4.78, 5) is 2.53. The summed E-state index contributed by atoms with van der Waals surface area (Å²) in [5.41, 5.74) is 5.83. The van der Waals surface area contributed by atoms with E-state index in [4.69, 9.17) is 10.5 Å². The molecule has 0 aromatic heterocycles. The summed E-state index contributed by atoms with van der Waals surface area (Å²) >= 11 is 0. The molecule has 1 aliphatic rings. The van der Waals surface area contributed by atoms with Gasteiger partial charge in [-0.05, 0) is 44.7 Å². The van der Waals surface area contributed by atoms with Crippen LogP contribution in [-0.4, -0.2) is 43.8 Å². The second-order valence-electron chi connectivity index (χ2n) is 5.22. The third-order valence-electron chi connectivity index (χ3n) is 3.60. The summed E-state index contributed by atoms with van der Waals surface area (Å²) in [5.74, 6) is 1.30. The van der Waals surface area contributed by atoms with E-state index in [0.29, 0.717) is 17.9 Å². The third kappa shape index (κ3) is 4.40. The number of rotatable bonds is 6. The average molecular weight is 228 g/mol. The molecule has 96 valence electrons. The Balaban J connectivity index is 2.35. The van der Waals surface area contributed by atoms with Crippen LogP contribution in [0.4, 0.5) is 0 Å². The van der Waals surface area contributed by atoms with E-state index in [2.05, 4.69) is 25.7 Å². The van der Waals surface area contributed by atoms with Crippen LogP contribution in [-0.2, 0) is 4.74 Å². The molecule has 1 heterocycles. The Kier molecular flexibility index (Phi) is 6.32. The Hall–Kier alpha value is -0.120. The molecule has 1 saturated heterocycles. The lowest BCUT2D eigenvalue weighted by Crippen LogP contribution is -2.44. The maximum Gasteiger partial charge on any atom is 0.0702 e. The molecule has 0 saturated carbocycles. The van der Waals surface area contributed by atoms with Gasteiger partial charge >= 0.3 is 0 Å². The van der Waals surface area contributed by atoms with E-state index in [1.807, 2.05) is 0 Å². The topological polar surface area (TPSA) is 38.5 Å². The van der Waals surface area contributed by atoms with Crippen LogP contribution in [0.15, 0.2) is 0 Å². The van der Waals surface area contributed by atoms with Crippen molar-refractivity contribution >= 4 is 0 Å². The fourth-order valence-corrected chi connectivity index (χ4v) is 2.44. The van der Waals surface area contributed by atoms with Gasteiger partial charge < -0.3 is 15.4 Å². The van der Waals surface area contributed by atoms with Crippen LogP contribution in [0.1, 0.15) is 33.6 Å². The molecular weight excluding hydrogens is 200 g/mol. The van der Waals surface area contributed by atoms with Gasteiger partial charge in [0.05, 0.1) is 6.10 Å². The number of nitrogens with two attached hydrogens (primary N) is 1. The van der Waals surface area contributed by atoms with Crippen molar-refractivity contribution in [3.63, 3.8) is 0 Å². The highest BCUT2D eigenvalue weighted by atomic mass is 16.5. The van der Waals surface area contributed by atoms with E-state index in [1.165, 1.54) is 19.4 Å². The molecule has 0 radical (unpaired) electrons. The summed E-state index contributed by atoms with van der Waals surface area (Å²) in [6.45, 7) is 11.7. The summed E-state index contributed by atoms with van der Waals surface area (Å²) in [7, 11) is 0. The van der Waals surface area contributed by atoms with Crippen molar-refractivity contribution in [2.24, 2.45) is 17.6 Å². The largest absolute Gasteiger partial charge is 0.377 e.